The number of nitrogens with zero attached hydrogens (tertiary/aromatic N) is 2. The molecule has 156 valence electrons. The summed E-state index contributed by atoms with van der Waals surface area (Å²) in [5.74, 6) is 0.0716. The second-order valence-corrected chi connectivity index (χ2v) is 8.73. The van der Waals surface area contributed by atoms with E-state index in [2.05, 4.69) is 10.2 Å². The summed E-state index contributed by atoms with van der Waals surface area (Å²) in [6.45, 7) is 1.89. The number of piperidine rings is 1. The molecule has 1 aliphatic heterocycles. The lowest BCUT2D eigenvalue weighted by Crippen LogP contribution is -2.28. The number of amides is 2. The first kappa shape index (κ1) is 20.2. The van der Waals surface area contributed by atoms with Crippen molar-refractivity contribution in [2.75, 3.05) is 23.3 Å². The minimum absolute atomic E-state index is 0.0867. The number of rotatable bonds is 5. The van der Waals surface area contributed by atoms with Gasteiger partial charge in [-0.2, -0.15) is 5.26 Å². The summed E-state index contributed by atoms with van der Waals surface area (Å²) in [7, 11) is 0. The van der Waals surface area contributed by atoms with E-state index in [9.17, 15) is 14.9 Å². The third-order valence-corrected chi connectivity index (χ3v) is 6.78. The Balaban J connectivity index is 1.54. The van der Waals surface area contributed by atoms with Gasteiger partial charge in [0, 0.05) is 30.1 Å². The van der Waals surface area contributed by atoms with Crippen LogP contribution in [0.2, 0.25) is 0 Å². The van der Waals surface area contributed by atoms with Crippen LogP contribution in [0.25, 0.3) is 6.08 Å². The molecule has 0 radical (unpaired) electrons. The highest BCUT2D eigenvalue weighted by Gasteiger charge is 2.25. The van der Waals surface area contributed by atoms with Gasteiger partial charge < -0.3 is 20.4 Å². The number of furan rings is 1. The predicted molar refractivity (Wildman–Crippen MR) is 116 cm³/mol. The van der Waals surface area contributed by atoms with Gasteiger partial charge in [0.15, 0.2) is 5.88 Å². The highest BCUT2D eigenvalue weighted by atomic mass is 32.1. The van der Waals surface area contributed by atoms with Crippen molar-refractivity contribution in [3.05, 3.63) is 39.5 Å². The number of nitriles is 1. The molecular formula is C22H24N4O3S. The van der Waals surface area contributed by atoms with Gasteiger partial charge >= 0.3 is 0 Å². The Morgan fingerprint density at radius 3 is 2.67 bits per heavy atom. The normalized spacial score (nSPS) is 16.6. The van der Waals surface area contributed by atoms with Gasteiger partial charge in [-0.3, -0.25) is 9.59 Å². The van der Waals surface area contributed by atoms with Crippen molar-refractivity contribution in [3.8, 4) is 6.07 Å². The number of thiophene rings is 1. The molecule has 3 heterocycles. The standard InChI is InChI=1S/C22H24N4O3S/c23-13-14(12-15-8-9-18(29-15)26-10-4-1-5-11-26)21(28)25-22-19(20(24)27)16-6-2-3-7-17(16)30-22/h8-9,12H,1-7,10-11H2,(H2,24,27)(H,25,28)/b14-12-. The molecule has 2 aliphatic rings. The van der Waals surface area contributed by atoms with Crippen molar-refractivity contribution >= 4 is 40.1 Å². The molecule has 8 heteroatoms. The fourth-order valence-electron chi connectivity index (χ4n) is 4.08. The third kappa shape index (κ3) is 4.12. The van der Waals surface area contributed by atoms with Gasteiger partial charge in [0.05, 0.1) is 5.56 Å². The first-order chi connectivity index (χ1) is 14.6. The average molecular weight is 425 g/mol. The van der Waals surface area contributed by atoms with Crippen molar-refractivity contribution in [2.24, 2.45) is 5.73 Å². The Labute approximate surface area is 179 Å². The lowest BCUT2D eigenvalue weighted by Gasteiger charge is -2.25. The minimum atomic E-state index is -0.575. The Morgan fingerprint density at radius 1 is 1.17 bits per heavy atom. The number of hydrogen-bond acceptors (Lipinski definition) is 6. The number of nitrogens with two attached hydrogens (primary N) is 1. The Kier molecular flexibility index (Phi) is 5.91. The van der Waals surface area contributed by atoms with E-state index in [-0.39, 0.29) is 5.57 Å². The highest BCUT2D eigenvalue weighted by Crippen LogP contribution is 2.38. The summed E-state index contributed by atoms with van der Waals surface area (Å²) < 4.78 is 5.83. The monoisotopic (exact) mass is 424 g/mol. The van der Waals surface area contributed by atoms with E-state index in [0.717, 1.165) is 67.9 Å². The van der Waals surface area contributed by atoms with E-state index in [0.29, 0.717) is 16.3 Å². The maximum absolute atomic E-state index is 12.7. The van der Waals surface area contributed by atoms with Gasteiger partial charge in [-0.05, 0) is 56.6 Å². The molecule has 0 spiro atoms. The minimum Gasteiger partial charge on any atom is -0.441 e. The molecule has 2 amide bonds. The van der Waals surface area contributed by atoms with E-state index < -0.39 is 11.8 Å². The van der Waals surface area contributed by atoms with Crippen LogP contribution in [0.4, 0.5) is 10.9 Å². The molecule has 30 heavy (non-hydrogen) atoms. The van der Waals surface area contributed by atoms with Gasteiger partial charge in [0.1, 0.15) is 22.4 Å². The molecule has 1 saturated heterocycles. The molecule has 0 aromatic carbocycles. The third-order valence-electron chi connectivity index (χ3n) is 5.58. The second kappa shape index (κ2) is 8.76. The number of aryl methyl sites for hydroxylation is 1. The number of primary amides is 1. The fourth-order valence-corrected chi connectivity index (χ4v) is 5.37. The quantitative estimate of drug-likeness (QED) is 0.559. The summed E-state index contributed by atoms with van der Waals surface area (Å²) in [4.78, 5) is 28.0. The van der Waals surface area contributed by atoms with Crippen LogP contribution in [0.15, 0.2) is 22.1 Å². The smallest absolute Gasteiger partial charge is 0.267 e. The number of fused-ring (bicyclic) bond motifs is 1. The van der Waals surface area contributed by atoms with Crippen LogP contribution in [-0.2, 0) is 17.6 Å². The molecule has 2 aromatic rings. The zero-order valence-corrected chi connectivity index (χ0v) is 17.5. The first-order valence-corrected chi connectivity index (χ1v) is 11.1. The lowest BCUT2D eigenvalue weighted by atomic mass is 9.95. The maximum atomic E-state index is 12.7. The number of nitrogens with one attached hydrogen (secondary N) is 1. The average Bonchev–Trinajstić information content (AvgIpc) is 3.36. The van der Waals surface area contributed by atoms with E-state index in [4.69, 9.17) is 10.2 Å². The lowest BCUT2D eigenvalue weighted by molar-refractivity contribution is -0.112. The van der Waals surface area contributed by atoms with Crippen LogP contribution in [0.1, 0.15) is 58.7 Å². The number of hydrogen-bond donors (Lipinski definition) is 2. The summed E-state index contributed by atoms with van der Waals surface area (Å²) in [6.07, 6.45) is 8.63. The van der Waals surface area contributed by atoms with Crippen LogP contribution in [-0.4, -0.2) is 24.9 Å². The first-order valence-electron chi connectivity index (χ1n) is 10.3. The second-order valence-electron chi connectivity index (χ2n) is 7.63. The van der Waals surface area contributed by atoms with Crippen LogP contribution in [0, 0.1) is 11.3 Å². The molecule has 0 atom stereocenters. The topological polar surface area (TPSA) is 112 Å². The molecule has 4 rings (SSSR count). The Hall–Kier alpha value is -3.05. The summed E-state index contributed by atoms with van der Waals surface area (Å²) in [5.41, 5.74) is 6.81. The Morgan fingerprint density at radius 2 is 1.93 bits per heavy atom. The van der Waals surface area contributed by atoms with E-state index >= 15 is 0 Å². The molecule has 0 unspecified atom stereocenters. The fraction of sp³-hybridized carbons (Fsp3) is 0.409. The van der Waals surface area contributed by atoms with Crippen LogP contribution in [0.3, 0.4) is 0 Å². The van der Waals surface area contributed by atoms with Gasteiger partial charge in [-0.15, -0.1) is 11.3 Å². The van der Waals surface area contributed by atoms with Gasteiger partial charge in [0.25, 0.3) is 11.8 Å². The zero-order chi connectivity index (χ0) is 21.1. The molecule has 3 N–H and O–H groups in total. The van der Waals surface area contributed by atoms with Crippen molar-refractivity contribution in [3.63, 3.8) is 0 Å². The molecule has 1 aliphatic carbocycles. The molecule has 1 fully saturated rings. The number of anilines is 2. The van der Waals surface area contributed by atoms with Crippen LogP contribution >= 0.6 is 11.3 Å². The summed E-state index contributed by atoms with van der Waals surface area (Å²) in [6, 6.07) is 5.55. The highest BCUT2D eigenvalue weighted by molar-refractivity contribution is 7.17. The van der Waals surface area contributed by atoms with Crippen LogP contribution < -0.4 is 16.0 Å². The summed E-state index contributed by atoms with van der Waals surface area (Å²) in [5, 5.41) is 12.7. The Bertz CT molecular complexity index is 1040. The van der Waals surface area contributed by atoms with Crippen LogP contribution in [0.5, 0.6) is 0 Å². The van der Waals surface area contributed by atoms with E-state index in [1.165, 1.54) is 23.8 Å². The zero-order valence-electron chi connectivity index (χ0n) is 16.7. The van der Waals surface area contributed by atoms with E-state index in [1.807, 2.05) is 12.1 Å². The van der Waals surface area contributed by atoms with Crippen molar-refractivity contribution in [1.82, 2.24) is 0 Å². The van der Waals surface area contributed by atoms with Gasteiger partial charge in [-0.25, -0.2) is 0 Å². The van der Waals surface area contributed by atoms with Crippen molar-refractivity contribution < 1.29 is 14.0 Å². The molecule has 2 aromatic heterocycles. The summed E-state index contributed by atoms with van der Waals surface area (Å²) >= 11 is 1.38. The molecular weight excluding hydrogens is 400 g/mol. The van der Waals surface area contributed by atoms with Crippen molar-refractivity contribution in [2.45, 2.75) is 44.9 Å². The SMILES string of the molecule is N#C/C(=C/c1ccc(N2CCCCC2)o1)C(=O)Nc1sc2c(c1C(N)=O)CCCC2. The maximum Gasteiger partial charge on any atom is 0.267 e. The number of carbonyl (C=O) groups excluding carboxylic acids is 2. The number of carbonyl (C=O) groups is 2. The van der Waals surface area contributed by atoms with Gasteiger partial charge in [-0.1, -0.05) is 0 Å². The molecule has 0 saturated carbocycles. The van der Waals surface area contributed by atoms with E-state index in [1.54, 1.807) is 6.07 Å². The molecule has 7 nitrogen and oxygen atoms in total. The molecule has 0 bridgehead atoms. The van der Waals surface area contributed by atoms with Crippen molar-refractivity contribution in [1.29, 1.82) is 5.26 Å². The largest absolute Gasteiger partial charge is 0.441 e. The predicted octanol–water partition coefficient (Wildman–Crippen LogP) is 3.85. The van der Waals surface area contributed by atoms with Gasteiger partial charge in [0.2, 0.25) is 0 Å².